The number of hydrogen-bond acceptors (Lipinski definition) is 5. The predicted molar refractivity (Wildman–Crippen MR) is 96.3 cm³/mol. The van der Waals surface area contributed by atoms with Crippen LogP contribution in [0.2, 0.25) is 0 Å². The summed E-state index contributed by atoms with van der Waals surface area (Å²) in [6.45, 7) is 1.85. The Kier molecular flexibility index (Phi) is 4.48. The fourth-order valence-corrected chi connectivity index (χ4v) is 4.13. The number of nitrogens with two attached hydrogens (primary N) is 1. The summed E-state index contributed by atoms with van der Waals surface area (Å²) in [5.74, 6) is 0.870. The number of nitrogens with one attached hydrogen (secondary N) is 1. The number of carbonyl (C=O) groups excluding carboxylic acids is 2. The minimum Gasteiger partial charge on any atom is -0.486 e. The smallest absolute Gasteiger partial charge is 0.227 e. The van der Waals surface area contributed by atoms with Crippen LogP contribution in [-0.4, -0.2) is 43.7 Å². The van der Waals surface area contributed by atoms with Crippen molar-refractivity contribution < 1.29 is 19.1 Å². The van der Waals surface area contributed by atoms with Gasteiger partial charge in [-0.2, -0.15) is 0 Å². The summed E-state index contributed by atoms with van der Waals surface area (Å²) in [5, 5.41) is 3.14. The Bertz CT molecular complexity index is 715. The minimum absolute atomic E-state index is 0.0463. The monoisotopic (exact) mass is 359 g/mol. The summed E-state index contributed by atoms with van der Waals surface area (Å²) >= 11 is 0. The fourth-order valence-electron chi connectivity index (χ4n) is 4.13. The van der Waals surface area contributed by atoms with Gasteiger partial charge in [0, 0.05) is 31.3 Å². The van der Waals surface area contributed by atoms with Crippen LogP contribution in [0.25, 0.3) is 0 Å². The second-order valence-corrected chi connectivity index (χ2v) is 7.41. The largest absolute Gasteiger partial charge is 0.486 e. The standard InChI is InChI=1S/C19H25N3O4/c20-12-19(5-1-2-6-19)21-18(24)13-9-17(23)22(11-13)14-3-4-15-16(10-14)26-8-7-25-15/h3-4,10,13H,1-2,5-9,11-12,20H2,(H,21,24). The van der Waals surface area contributed by atoms with Crippen molar-refractivity contribution in [3.8, 4) is 11.5 Å². The fraction of sp³-hybridized carbons (Fsp3) is 0.579. The van der Waals surface area contributed by atoms with Crippen LogP contribution >= 0.6 is 0 Å². The SMILES string of the molecule is NCC1(NC(=O)C2CC(=O)N(c3ccc4c(c3)OCCO4)C2)CCCC1. The van der Waals surface area contributed by atoms with Crippen LogP contribution in [-0.2, 0) is 9.59 Å². The van der Waals surface area contributed by atoms with Crippen molar-refractivity contribution in [3.05, 3.63) is 18.2 Å². The van der Waals surface area contributed by atoms with Gasteiger partial charge in [-0.25, -0.2) is 0 Å². The number of nitrogens with zero attached hydrogens (tertiary/aromatic N) is 1. The molecule has 2 aliphatic heterocycles. The van der Waals surface area contributed by atoms with Gasteiger partial charge in [-0.15, -0.1) is 0 Å². The van der Waals surface area contributed by atoms with Crippen LogP contribution in [0.4, 0.5) is 5.69 Å². The number of ether oxygens (including phenoxy) is 2. The van der Waals surface area contributed by atoms with E-state index in [2.05, 4.69) is 5.32 Å². The van der Waals surface area contributed by atoms with Gasteiger partial charge in [-0.3, -0.25) is 9.59 Å². The number of rotatable bonds is 4. The first kappa shape index (κ1) is 17.1. The average Bonchev–Trinajstić information content (AvgIpc) is 3.28. The van der Waals surface area contributed by atoms with Gasteiger partial charge >= 0.3 is 0 Å². The molecule has 0 bridgehead atoms. The summed E-state index contributed by atoms with van der Waals surface area (Å²) in [7, 11) is 0. The zero-order valence-electron chi connectivity index (χ0n) is 14.8. The van der Waals surface area contributed by atoms with Gasteiger partial charge in [0.05, 0.1) is 11.5 Å². The molecule has 3 aliphatic rings. The Labute approximate surface area is 152 Å². The number of benzene rings is 1. The summed E-state index contributed by atoms with van der Waals surface area (Å²) < 4.78 is 11.1. The molecule has 1 saturated carbocycles. The maximum absolute atomic E-state index is 12.7. The maximum Gasteiger partial charge on any atom is 0.227 e. The van der Waals surface area contributed by atoms with Crippen molar-refractivity contribution in [2.45, 2.75) is 37.6 Å². The lowest BCUT2D eigenvalue weighted by Gasteiger charge is -2.30. The molecule has 3 N–H and O–H groups in total. The lowest BCUT2D eigenvalue weighted by Crippen LogP contribution is -2.53. The topological polar surface area (TPSA) is 93.9 Å². The van der Waals surface area contributed by atoms with Gasteiger partial charge in [-0.05, 0) is 25.0 Å². The molecule has 4 rings (SSSR count). The molecule has 0 aromatic heterocycles. The van der Waals surface area contributed by atoms with Crippen molar-refractivity contribution in [1.29, 1.82) is 0 Å². The van der Waals surface area contributed by atoms with Gasteiger partial charge in [0.1, 0.15) is 13.2 Å². The molecule has 2 fully saturated rings. The van der Waals surface area contributed by atoms with E-state index in [9.17, 15) is 9.59 Å². The average molecular weight is 359 g/mol. The Morgan fingerprint density at radius 1 is 1.23 bits per heavy atom. The van der Waals surface area contributed by atoms with Gasteiger partial charge in [-0.1, -0.05) is 12.8 Å². The number of fused-ring (bicyclic) bond motifs is 1. The van der Waals surface area contributed by atoms with E-state index in [1.54, 1.807) is 4.90 Å². The minimum atomic E-state index is -0.347. The lowest BCUT2D eigenvalue weighted by atomic mass is 9.96. The first-order valence-corrected chi connectivity index (χ1v) is 9.32. The van der Waals surface area contributed by atoms with E-state index < -0.39 is 0 Å². The number of hydrogen-bond donors (Lipinski definition) is 2. The third kappa shape index (κ3) is 3.11. The maximum atomic E-state index is 12.7. The van der Waals surface area contributed by atoms with Crippen LogP contribution in [0.15, 0.2) is 18.2 Å². The van der Waals surface area contributed by atoms with E-state index in [0.29, 0.717) is 37.8 Å². The second-order valence-electron chi connectivity index (χ2n) is 7.41. The molecule has 1 aliphatic carbocycles. The number of amides is 2. The first-order chi connectivity index (χ1) is 12.6. The molecule has 1 atom stereocenters. The molecule has 140 valence electrons. The van der Waals surface area contributed by atoms with Crippen LogP contribution in [0.1, 0.15) is 32.1 Å². The highest BCUT2D eigenvalue weighted by Crippen LogP contribution is 2.36. The Balaban J connectivity index is 1.46. The van der Waals surface area contributed by atoms with Crippen molar-refractivity contribution in [2.75, 3.05) is 31.2 Å². The highest BCUT2D eigenvalue weighted by atomic mass is 16.6. The quantitative estimate of drug-likeness (QED) is 0.842. The second kappa shape index (κ2) is 6.79. The van der Waals surface area contributed by atoms with Gasteiger partial charge in [0.15, 0.2) is 11.5 Å². The van der Waals surface area contributed by atoms with E-state index in [0.717, 1.165) is 31.4 Å². The molecule has 7 nitrogen and oxygen atoms in total. The molecule has 0 radical (unpaired) electrons. The zero-order valence-corrected chi connectivity index (χ0v) is 14.8. The number of anilines is 1. The van der Waals surface area contributed by atoms with Crippen molar-refractivity contribution in [3.63, 3.8) is 0 Å². The predicted octanol–water partition coefficient (Wildman–Crippen LogP) is 1.20. The molecule has 1 unspecified atom stereocenters. The van der Waals surface area contributed by atoms with Crippen molar-refractivity contribution in [2.24, 2.45) is 11.7 Å². The molecule has 26 heavy (non-hydrogen) atoms. The molecular weight excluding hydrogens is 334 g/mol. The van der Waals surface area contributed by atoms with Gasteiger partial charge in [0.25, 0.3) is 0 Å². The summed E-state index contributed by atoms with van der Waals surface area (Å²) in [6, 6.07) is 5.46. The van der Waals surface area contributed by atoms with Crippen LogP contribution in [0.5, 0.6) is 11.5 Å². The van der Waals surface area contributed by atoms with E-state index in [4.69, 9.17) is 15.2 Å². The third-order valence-electron chi connectivity index (χ3n) is 5.67. The summed E-state index contributed by atoms with van der Waals surface area (Å²) in [6.07, 6.45) is 4.24. The van der Waals surface area contributed by atoms with Gasteiger partial charge < -0.3 is 25.4 Å². The van der Waals surface area contributed by atoms with E-state index >= 15 is 0 Å². The molecule has 1 aromatic carbocycles. The highest BCUT2D eigenvalue weighted by Gasteiger charge is 2.40. The molecule has 1 aromatic rings. The van der Waals surface area contributed by atoms with E-state index in [1.807, 2.05) is 18.2 Å². The Hall–Kier alpha value is -2.28. The number of carbonyl (C=O) groups is 2. The van der Waals surface area contributed by atoms with Crippen LogP contribution in [0, 0.1) is 5.92 Å². The van der Waals surface area contributed by atoms with E-state index in [-0.39, 0.29) is 29.7 Å². The van der Waals surface area contributed by atoms with Crippen LogP contribution < -0.4 is 25.4 Å². The summed E-state index contributed by atoms with van der Waals surface area (Å²) in [5.41, 5.74) is 6.36. The van der Waals surface area contributed by atoms with Crippen molar-refractivity contribution in [1.82, 2.24) is 5.32 Å². The van der Waals surface area contributed by atoms with Gasteiger partial charge in [0.2, 0.25) is 11.8 Å². The zero-order chi connectivity index (χ0) is 18.1. The highest BCUT2D eigenvalue weighted by molar-refractivity contribution is 6.00. The molecule has 2 amide bonds. The molecule has 0 spiro atoms. The molecule has 2 heterocycles. The summed E-state index contributed by atoms with van der Waals surface area (Å²) in [4.78, 5) is 26.9. The first-order valence-electron chi connectivity index (χ1n) is 9.32. The third-order valence-corrected chi connectivity index (χ3v) is 5.67. The molecule has 7 heteroatoms. The lowest BCUT2D eigenvalue weighted by molar-refractivity contribution is -0.127. The Morgan fingerprint density at radius 3 is 2.69 bits per heavy atom. The van der Waals surface area contributed by atoms with Crippen LogP contribution in [0.3, 0.4) is 0 Å². The normalized spacial score (nSPS) is 24.0. The van der Waals surface area contributed by atoms with Crippen molar-refractivity contribution >= 4 is 17.5 Å². The molecule has 1 saturated heterocycles. The van der Waals surface area contributed by atoms with E-state index in [1.165, 1.54) is 0 Å². The molecular formula is C19H25N3O4. The Morgan fingerprint density at radius 2 is 1.96 bits per heavy atom.